The van der Waals surface area contributed by atoms with Crippen molar-refractivity contribution >= 4 is 23.6 Å². The molecule has 40 heavy (non-hydrogen) atoms. The van der Waals surface area contributed by atoms with Crippen LogP contribution in [-0.4, -0.2) is 96.5 Å². The summed E-state index contributed by atoms with van der Waals surface area (Å²) in [5.41, 5.74) is 9.76. The minimum atomic E-state index is -0.277. The summed E-state index contributed by atoms with van der Waals surface area (Å²) in [4.78, 5) is 40.7. The lowest BCUT2D eigenvalue weighted by Crippen LogP contribution is -2.49. The lowest BCUT2D eigenvalue weighted by molar-refractivity contribution is -0.139. The molecule has 1 aromatic carbocycles. The standard InChI is InChI=1S/C30H47N7O3/c1-5-6-7-13-32-29-26(23(2)33-30(31)34-29)12-9-14-37(27(38)22-36-17-15-35(3)16-18-36)21-25-11-8-10-24(19-25)20-28(39)40-4/h8,10-11,19H,5-7,9,12-18,20-22H2,1-4H3,(H3,31,32,33,34). The maximum atomic E-state index is 13.6. The summed E-state index contributed by atoms with van der Waals surface area (Å²) in [5.74, 6) is 0.911. The number of likely N-dealkylation sites (N-methyl/N-ethyl adjacent to an activating group) is 1. The number of hydrogen-bond donors (Lipinski definition) is 2. The Balaban J connectivity index is 1.71. The van der Waals surface area contributed by atoms with Gasteiger partial charge in [-0.1, -0.05) is 44.0 Å². The van der Waals surface area contributed by atoms with E-state index in [1.807, 2.05) is 36.1 Å². The highest BCUT2D eigenvalue weighted by Crippen LogP contribution is 2.20. The number of nitrogen functional groups attached to an aromatic ring is 1. The molecule has 10 heteroatoms. The molecular formula is C30H47N7O3. The summed E-state index contributed by atoms with van der Waals surface area (Å²) in [5, 5.41) is 3.45. The number of piperazine rings is 1. The van der Waals surface area contributed by atoms with Crippen molar-refractivity contribution in [2.75, 3.05) is 71.0 Å². The van der Waals surface area contributed by atoms with Crippen LogP contribution in [0.15, 0.2) is 24.3 Å². The van der Waals surface area contributed by atoms with Crippen LogP contribution in [0.4, 0.5) is 11.8 Å². The van der Waals surface area contributed by atoms with E-state index in [-0.39, 0.29) is 24.2 Å². The van der Waals surface area contributed by atoms with Gasteiger partial charge in [-0.05, 0) is 44.4 Å². The second kappa shape index (κ2) is 16.1. The van der Waals surface area contributed by atoms with Crippen LogP contribution >= 0.6 is 0 Å². The first-order valence-corrected chi connectivity index (χ1v) is 14.5. The molecule has 1 amide bonds. The number of carbonyl (C=O) groups is 2. The van der Waals surface area contributed by atoms with Gasteiger partial charge >= 0.3 is 5.97 Å². The first kappa shape index (κ1) is 31.3. The summed E-state index contributed by atoms with van der Waals surface area (Å²) in [6.07, 6.45) is 5.11. The third-order valence-corrected chi connectivity index (χ3v) is 7.41. The highest BCUT2D eigenvalue weighted by Gasteiger charge is 2.21. The van der Waals surface area contributed by atoms with Gasteiger partial charge in [0.2, 0.25) is 11.9 Å². The van der Waals surface area contributed by atoms with E-state index in [9.17, 15) is 9.59 Å². The fourth-order valence-corrected chi connectivity index (χ4v) is 4.98. The zero-order chi connectivity index (χ0) is 28.9. The number of carbonyl (C=O) groups excluding carboxylic acids is 2. The number of benzene rings is 1. The van der Waals surface area contributed by atoms with Crippen molar-refractivity contribution in [3.63, 3.8) is 0 Å². The Morgan fingerprint density at radius 1 is 1.10 bits per heavy atom. The summed E-state index contributed by atoms with van der Waals surface area (Å²) in [6, 6.07) is 7.84. The zero-order valence-electron chi connectivity index (χ0n) is 24.7. The molecule has 0 unspecified atom stereocenters. The predicted octanol–water partition coefficient (Wildman–Crippen LogP) is 2.89. The largest absolute Gasteiger partial charge is 0.469 e. The van der Waals surface area contributed by atoms with Crippen LogP contribution in [-0.2, 0) is 33.7 Å². The molecule has 1 aliphatic rings. The Morgan fingerprint density at radius 3 is 2.58 bits per heavy atom. The Bertz CT molecular complexity index is 1100. The molecule has 1 aliphatic heterocycles. The molecule has 2 aromatic rings. The van der Waals surface area contributed by atoms with E-state index in [2.05, 4.69) is 39.1 Å². The van der Waals surface area contributed by atoms with Crippen LogP contribution in [0.5, 0.6) is 0 Å². The van der Waals surface area contributed by atoms with Crippen molar-refractivity contribution in [2.45, 2.75) is 58.9 Å². The van der Waals surface area contributed by atoms with Crippen molar-refractivity contribution in [2.24, 2.45) is 0 Å². The molecule has 3 rings (SSSR count). The van der Waals surface area contributed by atoms with Crippen molar-refractivity contribution in [3.8, 4) is 0 Å². The van der Waals surface area contributed by atoms with Gasteiger partial charge in [0.05, 0.1) is 20.1 Å². The number of rotatable bonds is 15. The average Bonchev–Trinajstić information content (AvgIpc) is 2.93. The van der Waals surface area contributed by atoms with Crippen molar-refractivity contribution in [1.82, 2.24) is 24.7 Å². The number of esters is 1. The first-order valence-electron chi connectivity index (χ1n) is 14.5. The molecule has 0 saturated carbocycles. The van der Waals surface area contributed by atoms with Gasteiger partial charge in [0.25, 0.3) is 0 Å². The Morgan fingerprint density at radius 2 is 1.85 bits per heavy atom. The molecule has 0 bridgehead atoms. The number of anilines is 2. The second-order valence-corrected chi connectivity index (χ2v) is 10.7. The molecule has 220 valence electrons. The SMILES string of the molecule is CCCCCNc1nc(N)nc(C)c1CCCN(Cc1cccc(CC(=O)OC)c1)C(=O)CN1CCN(C)CC1. The van der Waals surface area contributed by atoms with E-state index in [0.29, 0.717) is 19.6 Å². The van der Waals surface area contributed by atoms with Gasteiger partial charge in [-0.25, -0.2) is 4.98 Å². The second-order valence-electron chi connectivity index (χ2n) is 10.7. The van der Waals surface area contributed by atoms with Crippen LogP contribution in [0, 0.1) is 6.92 Å². The highest BCUT2D eigenvalue weighted by molar-refractivity contribution is 5.78. The number of unbranched alkanes of at least 4 members (excludes halogenated alkanes) is 2. The fourth-order valence-electron chi connectivity index (χ4n) is 4.98. The molecule has 0 radical (unpaired) electrons. The number of ether oxygens (including phenoxy) is 1. The van der Waals surface area contributed by atoms with Gasteiger partial charge in [0.15, 0.2) is 0 Å². The van der Waals surface area contributed by atoms with Crippen LogP contribution < -0.4 is 11.1 Å². The van der Waals surface area contributed by atoms with E-state index in [0.717, 1.165) is 93.0 Å². The Hall–Kier alpha value is -3.24. The molecule has 0 atom stereocenters. The summed E-state index contributed by atoms with van der Waals surface area (Å²) >= 11 is 0. The number of nitrogens with zero attached hydrogens (tertiary/aromatic N) is 5. The molecule has 2 heterocycles. The van der Waals surface area contributed by atoms with Crippen LogP contribution in [0.25, 0.3) is 0 Å². The fraction of sp³-hybridized carbons (Fsp3) is 0.600. The van der Waals surface area contributed by atoms with Gasteiger partial charge < -0.3 is 25.6 Å². The number of aromatic nitrogens is 2. The molecule has 3 N–H and O–H groups in total. The van der Waals surface area contributed by atoms with Gasteiger partial charge in [0, 0.05) is 57.1 Å². The van der Waals surface area contributed by atoms with Gasteiger partial charge in [0.1, 0.15) is 5.82 Å². The van der Waals surface area contributed by atoms with Crippen molar-refractivity contribution in [1.29, 1.82) is 0 Å². The normalized spacial score (nSPS) is 14.2. The van der Waals surface area contributed by atoms with E-state index < -0.39 is 0 Å². The monoisotopic (exact) mass is 553 g/mol. The zero-order valence-corrected chi connectivity index (χ0v) is 24.7. The molecule has 10 nitrogen and oxygen atoms in total. The number of nitrogens with one attached hydrogen (secondary N) is 1. The van der Waals surface area contributed by atoms with E-state index in [4.69, 9.17) is 10.5 Å². The van der Waals surface area contributed by atoms with Crippen molar-refractivity contribution < 1.29 is 14.3 Å². The maximum Gasteiger partial charge on any atom is 0.309 e. The van der Waals surface area contributed by atoms with Gasteiger partial charge in [-0.3, -0.25) is 14.5 Å². The maximum absolute atomic E-state index is 13.6. The summed E-state index contributed by atoms with van der Waals surface area (Å²) < 4.78 is 4.83. The predicted molar refractivity (Wildman–Crippen MR) is 159 cm³/mol. The summed E-state index contributed by atoms with van der Waals surface area (Å²) in [7, 11) is 3.51. The molecule has 1 aromatic heterocycles. The molecule has 0 aliphatic carbocycles. The number of aryl methyl sites for hydroxylation is 1. The minimum Gasteiger partial charge on any atom is -0.469 e. The number of nitrogens with two attached hydrogens (primary N) is 1. The van der Waals surface area contributed by atoms with Crippen LogP contribution in [0.3, 0.4) is 0 Å². The van der Waals surface area contributed by atoms with E-state index in [1.54, 1.807) is 0 Å². The third-order valence-electron chi connectivity index (χ3n) is 7.41. The molecule has 0 spiro atoms. The summed E-state index contributed by atoms with van der Waals surface area (Å²) in [6.45, 7) is 10.2. The first-order chi connectivity index (χ1) is 19.3. The molecule has 1 fully saturated rings. The van der Waals surface area contributed by atoms with E-state index >= 15 is 0 Å². The number of amides is 1. The van der Waals surface area contributed by atoms with Crippen molar-refractivity contribution in [3.05, 3.63) is 46.6 Å². The molecule has 1 saturated heterocycles. The number of hydrogen-bond acceptors (Lipinski definition) is 9. The van der Waals surface area contributed by atoms with Gasteiger partial charge in [-0.15, -0.1) is 0 Å². The lowest BCUT2D eigenvalue weighted by Gasteiger charge is -2.33. The molecular weight excluding hydrogens is 506 g/mol. The number of methoxy groups -OCH3 is 1. The smallest absolute Gasteiger partial charge is 0.309 e. The average molecular weight is 554 g/mol. The third kappa shape index (κ3) is 10.1. The quantitative estimate of drug-likeness (QED) is 0.254. The Labute approximate surface area is 239 Å². The van der Waals surface area contributed by atoms with E-state index in [1.165, 1.54) is 7.11 Å². The Kier molecular flexibility index (Phi) is 12.6. The minimum absolute atomic E-state index is 0.117. The highest BCUT2D eigenvalue weighted by atomic mass is 16.5. The van der Waals surface area contributed by atoms with Gasteiger partial charge in [-0.2, -0.15) is 4.98 Å². The van der Waals surface area contributed by atoms with Crippen LogP contribution in [0.1, 0.15) is 55.0 Å². The lowest BCUT2D eigenvalue weighted by atomic mass is 10.1. The van der Waals surface area contributed by atoms with Crippen LogP contribution in [0.2, 0.25) is 0 Å². The topological polar surface area (TPSA) is 117 Å².